The van der Waals surface area contributed by atoms with E-state index in [4.69, 9.17) is 4.74 Å². The van der Waals surface area contributed by atoms with Crippen molar-refractivity contribution < 1.29 is 9.53 Å². The third kappa shape index (κ3) is 2.02. The Morgan fingerprint density at radius 2 is 2.08 bits per heavy atom. The fraction of sp³-hybridized carbons (Fsp3) is 0.900. The van der Waals surface area contributed by atoms with E-state index in [0.717, 1.165) is 32.5 Å². The molecule has 0 bridgehead atoms. The Morgan fingerprint density at radius 3 is 2.46 bits per heavy atom. The second-order valence-electron chi connectivity index (χ2n) is 3.66. The van der Waals surface area contributed by atoms with Crippen LogP contribution in [0.2, 0.25) is 0 Å². The summed E-state index contributed by atoms with van der Waals surface area (Å²) in [4.78, 5) is 13.8. The molecule has 1 amide bonds. The molecular weight excluding hydrogens is 166 g/mol. The van der Waals surface area contributed by atoms with E-state index in [0.29, 0.717) is 0 Å². The van der Waals surface area contributed by atoms with Gasteiger partial charge >= 0.3 is 0 Å². The van der Waals surface area contributed by atoms with Gasteiger partial charge in [0.2, 0.25) is 0 Å². The van der Waals surface area contributed by atoms with Crippen LogP contribution in [0.1, 0.15) is 33.6 Å². The minimum atomic E-state index is -0.536. The number of ether oxygens (including phenoxy) is 1. The Kier molecular flexibility index (Phi) is 3.31. The molecule has 3 nitrogen and oxygen atoms in total. The highest BCUT2D eigenvalue weighted by molar-refractivity contribution is 5.85. The summed E-state index contributed by atoms with van der Waals surface area (Å²) in [5.74, 6) is 0.148. The van der Waals surface area contributed by atoms with E-state index in [9.17, 15) is 4.79 Å². The highest BCUT2D eigenvalue weighted by Gasteiger charge is 2.39. The first kappa shape index (κ1) is 10.5. The summed E-state index contributed by atoms with van der Waals surface area (Å²) in [7, 11) is 0. The average Bonchev–Trinajstić information content (AvgIpc) is 2.55. The lowest BCUT2D eigenvalue weighted by Gasteiger charge is -2.29. The summed E-state index contributed by atoms with van der Waals surface area (Å²) in [5.41, 5.74) is -0.536. The molecule has 0 saturated carbocycles. The third-order valence-corrected chi connectivity index (χ3v) is 2.72. The third-order valence-electron chi connectivity index (χ3n) is 2.72. The average molecular weight is 185 g/mol. The largest absolute Gasteiger partial charge is 0.365 e. The standard InChI is InChI=1S/C10H19NO2/c1-4-11(5-2)9(12)10(3)7-6-8-13-10/h4-8H2,1-3H3. The normalized spacial score (nSPS) is 27.6. The number of likely N-dealkylation sites (N-methyl/N-ethyl adjacent to an activating group) is 1. The molecule has 0 aromatic heterocycles. The molecule has 0 radical (unpaired) electrons. The van der Waals surface area contributed by atoms with Crippen LogP contribution >= 0.6 is 0 Å². The zero-order chi connectivity index (χ0) is 9.90. The Labute approximate surface area is 80.1 Å². The first-order valence-corrected chi connectivity index (χ1v) is 5.07. The van der Waals surface area contributed by atoms with Gasteiger partial charge in [0.15, 0.2) is 0 Å². The topological polar surface area (TPSA) is 29.5 Å². The van der Waals surface area contributed by atoms with E-state index in [2.05, 4.69) is 0 Å². The lowest BCUT2D eigenvalue weighted by atomic mass is 10.0. The Morgan fingerprint density at radius 1 is 1.46 bits per heavy atom. The maximum atomic E-state index is 11.9. The number of carbonyl (C=O) groups excluding carboxylic acids is 1. The number of hydrogen-bond donors (Lipinski definition) is 0. The first-order valence-electron chi connectivity index (χ1n) is 5.07. The quantitative estimate of drug-likeness (QED) is 0.665. The van der Waals surface area contributed by atoms with Crippen LogP contribution in [0.25, 0.3) is 0 Å². The van der Waals surface area contributed by atoms with Crippen molar-refractivity contribution in [2.45, 2.75) is 39.2 Å². The minimum Gasteiger partial charge on any atom is -0.365 e. The van der Waals surface area contributed by atoms with E-state index < -0.39 is 5.60 Å². The van der Waals surface area contributed by atoms with Crippen molar-refractivity contribution in [3.8, 4) is 0 Å². The molecule has 1 aliphatic heterocycles. The maximum Gasteiger partial charge on any atom is 0.254 e. The molecule has 1 aliphatic rings. The van der Waals surface area contributed by atoms with E-state index in [1.165, 1.54) is 0 Å². The predicted octanol–water partition coefficient (Wildman–Crippen LogP) is 1.42. The van der Waals surface area contributed by atoms with Crippen LogP contribution in [0, 0.1) is 0 Å². The summed E-state index contributed by atoms with van der Waals surface area (Å²) in [6, 6.07) is 0. The molecule has 0 aromatic rings. The maximum absolute atomic E-state index is 11.9. The second-order valence-corrected chi connectivity index (χ2v) is 3.66. The Balaban J connectivity index is 2.64. The van der Waals surface area contributed by atoms with Crippen molar-refractivity contribution in [2.24, 2.45) is 0 Å². The van der Waals surface area contributed by atoms with Crippen LogP contribution in [-0.4, -0.2) is 36.1 Å². The minimum absolute atomic E-state index is 0.148. The summed E-state index contributed by atoms with van der Waals surface area (Å²) >= 11 is 0. The number of amides is 1. The van der Waals surface area contributed by atoms with Gasteiger partial charge in [-0.05, 0) is 33.6 Å². The van der Waals surface area contributed by atoms with Gasteiger partial charge < -0.3 is 9.64 Å². The van der Waals surface area contributed by atoms with Gasteiger partial charge in [-0.1, -0.05) is 0 Å². The van der Waals surface area contributed by atoms with Crippen molar-refractivity contribution in [3.63, 3.8) is 0 Å². The monoisotopic (exact) mass is 185 g/mol. The van der Waals surface area contributed by atoms with Crippen LogP contribution in [0.5, 0.6) is 0 Å². The zero-order valence-electron chi connectivity index (χ0n) is 8.80. The molecule has 1 saturated heterocycles. The first-order chi connectivity index (χ1) is 6.14. The lowest BCUT2D eigenvalue weighted by molar-refractivity contribution is -0.150. The van der Waals surface area contributed by atoms with Crippen molar-refractivity contribution in [1.82, 2.24) is 4.90 Å². The molecule has 1 rings (SSSR count). The number of hydrogen-bond acceptors (Lipinski definition) is 2. The summed E-state index contributed by atoms with van der Waals surface area (Å²) < 4.78 is 5.50. The van der Waals surface area contributed by atoms with Crippen LogP contribution in [0.15, 0.2) is 0 Å². The van der Waals surface area contributed by atoms with Gasteiger partial charge in [0.25, 0.3) is 5.91 Å². The van der Waals surface area contributed by atoms with Crippen molar-refractivity contribution in [2.75, 3.05) is 19.7 Å². The molecule has 1 heterocycles. The number of rotatable bonds is 3. The van der Waals surface area contributed by atoms with E-state index in [-0.39, 0.29) is 5.91 Å². The van der Waals surface area contributed by atoms with Gasteiger partial charge in [-0.3, -0.25) is 4.79 Å². The predicted molar refractivity (Wildman–Crippen MR) is 51.5 cm³/mol. The van der Waals surface area contributed by atoms with Crippen molar-refractivity contribution in [1.29, 1.82) is 0 Å². The van der Waals surface area contributed by atoms with Crippen LogP contribution in [0.3, 0.4) is 0 Å². The molecule has 0 aromatic carbocycles. The fourth-order valence-electron chi connectivity index (χ4n) is 1.79. The van der Waals surface area contributed by atoms with Crippen LogP contribution in [0.4, 0.5) is 0 Å². The van der Waals surface area contributed by atoms with E-state index in [1.807, 2.05) is 25.7 Å². The van der Waals surface area contributed by atoms with Gasteiger partial charge in [-0.15, -0.1) is 0 Å². The summed E-state index contributed by atoms with van der Waals surface area (Å²) in [6.45, 7) is 8.17. The van der Waals surface area contributed by atoms with Crippen molar-refractivity contribution in [3.05, 3.63) is 0 Å². The molecule has 3 heteroatoms. The molecule has 0 spiro atoms. The smallest absolute Gasteiger partial charge is 0.254 e. The van der Waals surface area contributed by atoms with Crippen LogP contribution in [-0.2, 0) is 9.53 Å². The number of nitrogens with zero attached hydrogens (tertiary/aromatic N) is 1. The van der Waals surface area contributed by atoms with E-state index >= 15 is 0 Å². The molecule has 0 N–H and O–H groups in total. The molecule has 1 fully saturated rings. The van der Waals surface area contributed by atoms with Crippen molar-refractivity contribution >= 4 is 5.91 Å². The fourth-order valence-corrected chi connectivity index (χ4v) is 1.79. The molecular formula is C10H19NO2. The lowest BCUT2D eigenvalue weighted by Crippen LogP contribution is -2.46. The summed E-state index contributed by atoms with van der Waals surface area (Å²) in [5, 5.41) is 0. The molecule has 0 aliphatic carbocycles. The van der Waals surface area contributed by atoms with Gasteiger partial charge in [0.1, 0.15) is 5.60 Å². The van der Waals surface area contributed by atoms with Crippen LogP contribution < -0.4 is 0 Å². The van der Waals surface area contributed by atoms with Gasteiger partial charge in [0, 0.05) is 19.7 Å². The molecule has 1 unspecified atom stereocenters. The highest BCUT2D eigenvalue weighted by atomic mass is 16.5. The molecule has 76 valence electrons. The summed E-state index contributed by atoms with van der Waals surface area (Å²) in [6.07, 6.45) is 1.87. The molecule has 1 atom stereocenters. The number of carbonyl (C=O) groups is 1. The Hall–Kier alpha value is -0.570. The second kappa shape index (κ2) is 4.09. The van der Waals surface area contributed by atoms with Gasteiger partial charge in [-0.2, -0.15) is 0 Å². The van der Waals surface area contributed by atoms with E-state index in [1.54, 1.807) is 0 Å². The Bertz CT molecular complexity index is 181. The zero-order valence-corrected chi connectivity index (χ0v) is 8.80. The molecule has 13 heavy (non-hydrogen) atoms. The van der Waals surface area contributed by atoms with Gasteiger partial charge in [-0.25, -0.2) is 0 Å². The van der Waals surface area contributed by atoms with Gasteiger partial charge in [0.05, 0.1) is 0 Å². The highest BCUT2D eigenvalue weighted by Crippen LogP contribution is 2.26. The SMILES string of the molecule is CCN(CC)C(=O)C1(C)CCCO1.